The number of nitrogens with zero attached hydrogens (tertiary/aromatic N) is 2. The fourth-order valence-electron chi connectivity index (χ4n) is 2.30. The van der Waals surface area contributed by atoms with Crippen LogP contribution in [0.2, 0.25) is 0 Å². The molecule has 2 heteroatoms. The molecule has 0 aliphatic heterocycles. The molecule has 90 valence electrons. The molecule has 1 rings (SSSR count). The molecule has 0 aliphatic carbocycles. The van der Waals surface area contributed by atoms with Gasteiger partial charge in [-0.15, -0.1) is 0 Å². The van der Waals surface area contributed by atoms with Gasteiger partial charge in [0.1, 0.15) is 0 Å². The molecule has 1 atom stereocenters. The van der Waals surface area contributed by atoms with Gasteiger partial charge in [0, 0.05) is 12.7 Å². The molecular weight excluding hydrogens is 196 g/mol. The summed E-state index contributed by atoms with van der Waals surface area (Å²) in [5, 5.41) is 4.50. The Morgan fingerprint density at radius 1 is 1.25 bits per heavy atom. The van der Waals surface area contributed by atoms with E-state index in [4.69, 9.17) is 0 Å². The summed E-state index contributed by atoms with van der Waals surface area (Å²) in [6.45, 7) is 8.73. The van der Waals surface area contributed by atoms with Crippen LogP contribution in [0.5, 0.6) is 0 Å². The summed E-state index contributed by atoms with van der Waals surface area (Å²) in [6, 6.07) is 0. The summed E-state index contributed by atoms with van der Waals surface area (Å²) in [7, 11) is 2.03. The lowest BCUT2D eigenvalue weighted by Gasteiger charge is -2.13. The average molecular weight is 220 g/mol. The van der Waals surface area contributed by atoms with E-state index < -0.39 is 0 Å². The van der Waals surface area contributed by atoms with Gasteiger partial charge in [-0.05, 0) is 44.6 Å². The van der Waals surface area contributed by atoms with Crippen molar-refractivity contribution in [2.45, 2.75) is 52.9 Å². The molecule has 0 spiro atoms. The highest BCUT2D eigenvalue weighted by Crippen LogP contribution is 2.29. The quantitative estimate of drug-likeness (QED) is 0.688. The van der Waals surface area contributed by atoms with Gasteiger partial charge >= 0.3 is 0 Å². The van der Waals surface area contributed by atoms with E-state index in [1.54, 1.807) is 0 Å². The minimum Gasteiger partial charge on any atom is -0.272 e. The first-order valence-corrected chi connectivity index (χ1v) is 6.26. The first kappa shape index (κ1) is 13.0. The lowest BCUT2D eigenvalue weighted by Crippen LogP contribution is -2.00. The summed E-state index contributed by atoms with van der Waals surface area (Å²) in [5.41, 5.74) is 3.96. The molecule has 0 N–H and O–H groups in total. The standard InChI is InChI=1S/C14H24N2/c1-6-8-9-10-13(7-2)14-11(3)15-16(5)12(14)4/h8-9,13H,6-7,10H2,1-5H3/b9-8-. The topological polar surface area (TPSA) is 17.8 Å². The Bertz CT molecular complexity index is 361. The third kappa shape index (κ3) is 2.75. The summed E-state index contributed by atoms with van der Waals surface area (Å²) in [6.07, 6.45) is 8.00. The predicted octanol–water partition coefficient (Wildman–Crippen LogP) is 3.89. The zero-order valence-corrected chi connectivity index (χ0v) is 11.2. The summed E-state index contributed by atoms with van der Waals surface area (Å²) in [4.78, 5) is 0. The second-order valence-electron chi connectivity index (χ2n) is 4.43. The smallest absolute Gasteiger partial charge is 0.0631 e. The van der Waals surface area contributed by atoms with Crippen LogP contribution in [0.4, 0.5) is 0 Å². The lowest BCUT2D eigenvalue weighted by atomic mass is 9.91. The molecule has 0 saturated carbocycles. The third-order valence-corrected chi connectivity index (χ3v) is 3.29. The molecular formula is C14H24N2. The second kappa shape index (κ2) is 5.88. The molecule has 0 aliphatic rings. The number of aryl methyl sites for hydroxylation is 2. The fraction of sp³-hybridized carbons (Fsp3) is 0.643. The molecule has 0 saturated heterocycles. The summed E-state index contributed by atoms with van der Waals surface area (Å²) in [5.74, 6) is 0.622. The Kier molecular flexibility index (Phi) is 4.78. The largest absolute Gasteiger partial charge is 0.272 e. The first-order chi connectivity index (χ1) is 7.61. The van der Waals surface area contributed by atoms with Gasteiger partial charge in [-0.25, -0.2) is 0 Å². The van der Waals surface area contributed by atoms with E-state index in [1.807, 2.05) is 11.7 Å². The van der Waals surface area contributed by atoms with Crippen LogP contribution in [-0.4, -0.2) is 9.78 Å². The molecule has 1 aromatic rings. The number of allylic oxidation sites excluding steroid dienone is 2. The van der Waals surface area contributed by atoms with Crippen LogP contribution in [0.25, 0.3) is 0 Å². The minimum atomic E-state index is 0.622. The molecule has 0 amide bonds. The van der Waals surface area contributed by atoms with E-state index in [1.165, 1.54) is 23.4 Å². The number of hydrogen-bond acceptors (Lipinski definition) is 1. The highest BCUT2D eigenvalue weighted by molar-refractivity contribution is 5.29. The van der Waals surface area contributed by atoms with Crippen LogP contribution >= 0.6 is 0 Å². The van der Waals surface area contributed by atoms with Gasteiger partial charge in [0.05, 0.1) is 5.69 Å². The summed E-state index contributed by atoms with van der Waals surface area (Å²) >= 11 is 0. The van der Waals surface area contributed by atoms with E-state index in [-0.39, 0.29) is 0 Å². The van der Waals surface area contributed by atoms with Crippen molar-refractivity contribution in [3.8, 4) is 0 Å². The van der Waals surface area contributed by atoms with Crippen LogP contribution in [-0.2, 0) is 7.05 Å². The van der Waals surface area contributed by atoms with Gasteiger partial charge in [0.2, 0.25) is 0 Å². The number of rotatable bonds is 5. The molecule has 0 fully saturated rings. The lowest BCUT2D eigenvalue weighted by molar-refractivity contribution is 0.661. The Morgan fingerprint density at radius 2 is 1.94 bits per heavy atom. The van der Waals surface area contributed by atoms with Crippen LogP contribution in [0.1, 0.15) is 56.0 Å². The van der Waals surface area contributed by atoms with Crippen LogP contribution in [0.15, 0.2) is 12.2 Å². The molecule has 2 nitrogen and oxygen atoms in total. The van der Waals surface area contributed by atoms with Gasteiger partial charge < -0.3 is 0 Å². The zero-order valence-electron chi connectivity index (χ0n) is 11.2. The Labute approximate surface area is 99.4 Å². The van der Waals surface area contributed by atoms with Gasteiger partial charge in [-0.3, -0.25) is 4.68 Å². The Morgan fingerprint density at radius 3 is 2.38 bits per heavy atom. The second-order valence-corrected chi connectivity index (χ2v) is 4.43. The predicted molar refractivity (Wildman–Crippen MR) is 69.8 cm³/mol. The summed E-state index contributed by atoms with van der Waals surface area (Å²) < 4.78 is 2.00. The van der Waals surface area contributed by atoms with Crippen molar-refractivity contribution in [3.05, 3.63) is 29.1 Å². The Balaban J connectivity index is 2.90. The fourth-order valence-corrected chi connectivity index (χ4v) is 2.30. The van der Waals surface area contributed by atoms with Crippen molar-refractivity contribution in [3.63, 3.8) is 0 Å². The maximum atomic E-state index is 4.50. The normalized spacial score (nSPS) is 13.6. The van der Waals surface area contributed by atoms with Crippen LogP contribution in [0, 0.1) is 13.8 Å². The van der Waals surface area contributed by atoms with Crippen LogP contribution < -0.4 is 0 Å². The van der Waals surface area contributed by atoms with E-state index in [9.17, 15) is 0 Å². The number of aromatic nitrogens is 2. The van der Waals surface area contributed by atoms with E-state index in [2.05, 4.69) is 44.9 Å². The minimum absolute atomic E-state index is 0.622. The zero-order chi connectivity index (χ0) is 12.1. The molecule has 1 heterocycles. The molecule has 0 radical (unpaired) electrons. The van der Waals surface area contributed by atoms with Crippen molar-refractivity contribution >= 4 is 0 Å². The maximum absolute atomic E-state index is 4.50. The average Bonchev–Trinajstić information content (AvgIpc) is 2.50. The molecule has 16 heavy (non-hydrogen) atoms. The van der Waals surface area contributed by atoms with Crippen molar-refractivity contribution in [1.29, 1.82) is 0 Å². The van der Waals surface area contributed by atoms with Gasteiger partial charge in [-0.1, -0.05) is 26.0 Å². The highest BCUT2D eigenvalue weighted by atomic mass is 15.3. The maximum Gasteiger partial charge on any atom is 0.0631 e. The van der Waals surface area contributed by atoms with E-state index in [0.29, 0.717) is 5.92 Å². The van der Waals surface area contributed by atoms with Gasteiger partial charge in [0.15, 0.2) is 0 Å². The van der Waals surface area contributed by atoms with E-state index in [0.717, 1.165) is 12.8 Å². The highest BCUT2D eigenvalue weighted by Gasteiger charge is 2.17. The molecule has 0 aromatic carbocycles. The van der Waals surface area contributed by atoms with Gasteiger partial charge in [0.25, 0.3) is 0 Å². The monoisotopic (exact) mass is 220 g/mol. The van der Waals surface area contributed by atoms with Crippen molar-refractivity contribution in [2.24, 2.45) is 7.05 Å². The van der Waals surface area contributed by atoms with Gasteiger partial charge in [-0.2, -0.15) is 5.10 Å². The number of hydrogen-bond donors (Lipinski definition) is 0. The first-order valence-electron chi connectivity index (χ1n) is 6.26. The van der Waals surface area contributed by atoms with Crippen molar-refractivity contribution in [2.75, 3.05) is 0 Å². The molecule has 1 unspecified atom stereocenters. The SMILES string of the molecule is CC/C=C\CC(CC)c1c(C)nn(C)c1C. The Hall–Kier alpha value is -1.05. The van der Waals surface area contributed by atoms with Crippen molar-refractivity contribution < 1.29 is 0 Å². The molecule has 1 aromatic heterocycles. The third-order valence-electron chi connectivity index (χ3n) is 3.29. The van der Waals surface area contributed by atoms with Crippen LogP contribution in [0.3, 0.4) is 0 Å². The van der Waals surface area contributed by atoms with Crippen molar-refractivity contribution in [1.82, 2.24) is 9.78 Å². The van der Waals surface area contributed by atoms with E-state index >= 15 is 0 Å². The molecule has 0 bridgehead atoms.